The Kier molecular flexibility index (Phi) is 11.6. The first-order chi connectivity index (χ1) is 13.3. The van der Waals surface area contributed by atoms with Gasteiger partial charge in [0.05, 0.1) is 6.04 Å². The predicted molar refractivity (Wildman–Crippen MR) is 129 cm³/mol. The van der Waals surface area contributed by atoms with Gasteiger partial charge in [-0.2, -0.15) is 0 Å². The molecule has 2 N–H and O–H groups in total. The Bertz CT molecular complexity index is 520. The smallest absolute Gasteiger partial charge is 0.410 e. The number of likely N-dealkylation sites (tertiary alicyclic amines) is 1. The van der Waals surface area contributed by atoms with Gasteiger partial charge in [0.2, 0.25) is 0 Å². The molecule has 0 radical (unpaired) electrons. The van der Waals surface area contributed by atoms with Crippen LogP contribution in [0, 0.1) is 0 Å². The number of carbonyl (C=O) groups excluding carboxylic acids is 1. The Morgan fingerprint density at radius 3 is 2.55 bits per heavy atom. The summed E-state index contributed by atoms with van der Waals surface area (Å²) in [5.74, 6) is 0.840. The van der Waals surface area contributed by atoms with E-state index in [0.717, 1.165) is 45.1 Å². The van der Waals surface area contributed by atoms with Gasteiger partial charge in [-0.05, 0) is 67.2 Å². The van der Waals surface area contributed by atoms with E-state index >= 15 is 0 Å². The van der Waals surface area contributed by atoms with Crippen molar-refractivity contribution in [3.63, 3.8) is 0 Å². The fourth-order valence-electron chi connectivity index (χ4n) is 3.37. The lowest BCUT2D eigenvalue weighted by atomic mass is 10.1. The van der Waals surface area contributed by atoms with E-state index in [9.17, 15) is 4.79 Å². The Morgan fingerprint density at radius 1 is 1.17 bits per heavy atom. The maximum Gasteiger partial charge on any atom is 0.410 e. The van der Waals surface area contributed by atoms with E-state index in [2.05, 4.69) is 34.4 Å². The fourth-order valence-corrected chi connectivity index (χ4v) is 3.37. The summed E-state index contributed by atoms with van der Waals surface area (Å²) < 4.78 is 5.40. The van der Waals surface area contributed by atoms with E-state index in [-0.39, 0.29) is 36.1 Å². The number of nitrogens with zero attached hydrogens (tertiary/aromatic N) is 4. The maximum absolute atomic E-state index is 12.0. The average molecular weight is 524 g/mol. The molecule has 0 aromatic heterocycles. The summed E-state index contributed by atoms with van der Waals surface area (Å²) in [6.07, 6.45) is 2.07. The molecule has 170 valence electrons. The summed E-state index contributed by atoms with van der Waals surface area (Å²) in [6.45, 7) is 16.5. The monoisotopic (exact) mass is 524 g/mol. The van der Waals surface area contributed by atoms with Gasteiger partial charge in [0.1, 0.15) is 5.60 Å². The standard InChI is InChI=1S/C20H40N6O2.HI/c1-6-21-18(22-9-7-11-25-12-8-10-24(5)13-14-25)23-17-15-26(16-17)19(27)28-20(2,3)4;/h17H,6-16H2,1-5H3,(H2,21,22,23);1H. The number of hydrogen-bond donors (Lipinski definition) is 2. The van der Waals surface area contributed by atoms with Gasteiger partial charge < -0.3 is 30.1 Å². The highest BCUT2D eigenvalue weighted by atomic mass is 127. The lowest BCUT2D eigenvalue weighted by Crippen LogP contribution is -2.63. The summed E-state index contributed by atoms with van der Waals surface area (Å²) >= 11 is 0. The third-order valence-electron chi connectivity index (χ3n) is 4.93. The molecule has 0 saturated carbocycles. The largest absolute Gasteiger partial charge is 0.444 e. The molecule has 0 aliphatic carbocycles. The summed E-state index contributed by atoms with van der Waals surface area (Å²) in [5, 5.41) is 6.73. The van der Waals surface area contributed by atoms with Crippen LogP contribution in [-0.2, 0) is 4.74 Å². The summed E-state index contributed by atoms with van der Waals surface area (Å²) in [5.41, 5.74) is -0.450. The number of aliphatic imine (C=N–C) groups is 1. The maximum atomic E-state index is 12.0. The molecule has 29 heavy (non-hydrogen) atoms. The number of carbonyl (C=O) groups is 1. The van der Waals surface area contributed by atoms with E-state index in [1.54, 1.807) is 4.90 Å². The van der Waals surface area contributed by atoms with Crippen molar-refractivity contribution < 1.29 is 9.53 Å². The molecule has 0 aromatic rings. The van der Waals surface area contributed by atoms with E-state index < -0.39 is 5.60 Å². The molecular formula is C20H41IN6O2. The Morgan fingerprint density at radius 2 is 1.90 bits per heavy atom. The van der Waals surface area contributed by atoms with Gasteiger partial charge >= 0.3 is 6.09 Å². The average Bonchev–Trinajstić information content (AvgIpc) is 2.77. The number of rotatable bonds is 6. The van der Waals surface area contributed by atoms with Crippen molar-refractivity contribution >= 4 is 36.0 Å². The summed E-state index contributed by atoms with van der Waals surface area (Å²) in [7, 11) is 2.20. The quantitative estimate of drug-likeness (QED) is 0.239. The number of nitrogens with one attached hydrogen (secondary N) is 2. The number of halogens is 1. The van der Waals surface area contributed by atoms with E-state index in [1.165, 1.54) is 19.5 Å². The lowest BCUT2D eigenvalue weighted by molar-refractivity contribution is 0.00701. The second-order valence-corrected chi connectivity index (χ2v) is 8.84. The molecule has 0 atom stereocenters. The summed E-state index contributed by atoms with van der Waals surface area (Å²) in [4.78, 5) is 23.4. The van der Waals surface area contributed by atoms with Crippen LogP contribution in [0.3, 0.4) is 0 Å². The zero-order valence-electron chi connectivity index (χ0n) is 18.9. The molecule has 9 heteroatoms. The molecule has 2 heterocycles. The van der Waals surface area contributed by atoms with Gasteiger partial charge in [0, 0.05) is 39.3 Å². The van der Waals surface area contributed by atoms with Crippen LogP contribution in [0.5, 0.6) is 0 Å². The Hall–Kier alpha value is -0.810. The molecule has 2 fully saturated rings. The van der Waals surface area contributed by atoms with Crippen molar-refractivity contribution in [1.29, 1.82) is 0 Å². The highest BCUT2D eigenvalue weighted by Gasteiger charge is 2.34. The normalized spacial score (nSPS) is 19.8. The highest BCUT2D eigenvalue weighted by molar-refractivity contribution is 14.0. The third-order valence-corrected chi connectivity index (χ3v) is 4.93. The SMILES string of the molecule is CCNC(=NCCCN1CCCN(C)CC1)NC1CN(C(=O)OC(C)(C)C)C1.I. The van der Waals surface area contributed by atoms with E-state index in [0.29, 0.717) is 13.1 Å². The van der Waals surface area contributed by atoms with Gasteiger partial charge in [-0.25, -0.2) is 4.79 Å². The van der Waals surface area contributed by atoms with Gasteiger partial charge in [0.25, 0.3) is 0 Å². The summed E-state index contributed by atoms with van der Waals surface area (Å²) in [6, 6.07) is 0.228. The minimum Gasteiger partial charge on any atom is -0.444 e. The zero-order chi connectivity index (χ0) is 20.6. The number of amides is 1. The molecule has 2 aliphatic heterocycles. The third kappa shape index (κ3) is 10.2. The van der Waals surface area contributed by atoms with Crippen molar-refractivity contribution in [3.8, 4) is 0 Å². The molecule has 2 rings (SSSR count). The van der Waals surface area contributed by atoms with E-state index in [1.807, 2.05) is 20.8 Å². The molecule has 0 aromatic carbocycles. The molecule has 2 saturated heterocycles. The number of ether oxygens (including phenoxy) is 1. The molecule has 0 bridgehead atoms. The van der Waals surface area contributed by atoms with Crippen molar-refractivity contribution in [2.75, 3.05) is 66.0 Å². The zero-order valence-corrected chi connectivity index (χ0v) is 21.2. The molecule has 2 aliphatic rings. The predicted octanol–water partition coefficient (Wildman–Crippen LogP) is 1.81. The van der Waals surface area contributed by atoms with Gasteiger partial charge in [-0.1, -0.05) is 0 Å². The van der Waals surface area contributed by atoms with Crippen molar-refractivity contribution in [1.82, 2.24) is 25.3 Å². The van der Waals surface area contributed by atoms with Crippen LogP contribution in [0.4, 0.5) is 4.79 Å². The Labute approximate surface area is 193 Å². The lowest BCUT2D eigenvalue weighted by Gasteiger charge is -2.40. The van der Waals surface area contributed by atoms with Crippen LogP contribution in [-0.4, -0.2) is 104 Å². The minimum absolute atomic E-state index is 0. The van der Waals surface area contributed by atoms with Crippen molar-refractivity contribution in [3.05, 3.63) is 0 Å². The van der Waals surface area contributed by atoms with Crippen LogP contribution in [0.15, 0.2) is 4.99 Å². The topological polar surface area (TPSA) is 72.4 Å². The van der Waals surface area contributed by atoms with Crippen molar-refractivity contribution in [2.24, 2.45) is 4.99 Å². The van der Waals surface area contributed by atoms with Crippen LogP contribution in [0.1, 0.15) is 40.5 Å². The van der Waals surface area contributed by atoms with E-state index in [4.69, 9.17) is 9.73 Å². The van der Waals surface area contributed by atoms with Gasteiger partial charge in [0.15, 0.2) is 5.96 Å². The van der Waals surface area contributed by atoms with Crippen molar-refractivity contribution in [2.45, 2.75) is 52.2 Å². The highest BCUT2D eigenvalue weighted by Crippen LogP contribution is 2.15. The molecular weight excluding hydrogens is 483 g/mol. The first-order valence-corrected chi connectivity index (χ1v) is 10.7. The van der Waals surface area contributed by atoms with Gasteiger partial charge in [-0.3, -0.25) is 4.99 Å². The molecule has 0 unspecified atom stereocenters. The fraction of sp³-hybridized carbons (Fsp3) is 0.900. The second-order valence-electron chi connectivity index (χ2n) is 8.84. The van der Waals surface area contributed by atoms with Crippen LogP contribution < -0.4 is 10.6 Å². The van der Waals surface area contributed by atoms with Crippen LogP contribution in [0.2, 0.25) is 0 Å². The molecule has 8 nitrogen and oxygen atoms in total. The number of hydrogen-bond acceptors (Lipinski definition) is 5. The first-order valence-electron chi connectivity index (χ1n) is 10.7. The molecule has 0 spiro atoms. The number of likely N-dealkylation sites (N-methyl/N-ethyl adjacent to an activating group) is 1. The minimum atomic E-state index is -0.450. The second kappa shape index (κ2) is 12.8. The first kappa shape index (κ1) is 26.2. The van der Waals surface area contributed by atoms with Crippen LogP contribution >= 0.6 is 24.0 Å². The number of guanidine groups is 1. The van der Waals surface area contributed by atoms with Crippen LogP contribution in [0.25, 0.3) is 0 Å². The molecule has 1 amide bonds. The Balaban J connectivity index is 0.00000420. The van der Waals surface area contributed by atoms with Gasteiger partial charge in [-0.15, -0.1) is 24.0 Å².